The minimum atomic E-state index is -0.540. The summed E-state index contributed by atoms with van der Waals surface area (Å²) in [6, 6.07) is 9.63. The third-order valence-corrected chi connectivity index (χ3v) is 5.08. The summed E-state index contributed by atoms with van der Waals surface area (Å²) < 4.78 is 10.9. The molecule has 1 N–H and O–H groups in total. The molecule has 1 heterocycles. The van der Waals surface area contributed by atoms with Gasteiger partial charge in [-0.2, -0.15) is 0 Å². The first-order chi connectivity index (χ1) is 12.3. The van der Waals surface area contributed by atoms with Gasteiger partial charge in [0.1, 0.15) is 12.2 Å². The number of carbonyl (C=O) groups is 2. The van der Waals surface area contributed by atoms with Crippen molar-refractivity contribution < 1.29 is 19.1 Å². The fourth-order valence-electron chi connectivity index (χ4n) is 3.95. The van der Waals surface area contributed by atoms with Gasteiger partial charge >= 0.3 is 12.2 Å². The lowest BCUT2D eigenvalue weighted by Crippen LogP contribution is -2.53. The molecule has 1 saturated carbocycles. The topological polar surface area (TPSA) is 67.9 Å². The van der Waals surface area contributed by atoms with E-state index in [0.29, 0.717) is 13.1 Å². The number of rotatable bonds is 3. The van der Waals surface area contributed by atoms with Crippen molar-refractivity contribution in [2.45, 2.75) is 57.8 Å². The number of alkyl carbamates (subject to hydrolysis) is 1. The highest BCUT2D eigenvalue weighted by Gasteiger charge is 2.52. The van der Waals surface area contributed by atoms with Crippen LogP contribution >= 0.6 is 0 Å². The maximum absolute atomic E-state index is 12.5. The van der Waals surface area contributed by atoms with Gasteiger partial charge in [-0.15, -0.1) is 0 Å². The second-order valence-corrected chi connectivity index (χ2v) is 8.29. The van der Waals surface area contributed by atoms with Crippen molar-refractivity contribution in [1.82, 2.24) is 10.2 Å². The zero-order chi connectivity index (χ0) is 18.8. The highest BCUT2D eigenvalue weighted by molar-refractivity contribution is 5.71. The Hall–Kier alpha value is -2.24. The van der Waals surface area contributed by atoms with Crippen LogP contribution in [0.2, 0.25) is 0 Å². The number of benzene rings is 1. The van der Waals surface area contributed by atoms with Gasteiger partial charge < -0.3 is 19.7 Å². The summed E-state index contributed by atoms with van der Waals surface area (Å²) in [6.07, 6.45) is 2.17. The van der Waals surface area contributed by atoms with Gasteiger partial charge in [-0.1, -0.05) is 36.8 Å². The molecule has 2 aliphatic rings. The van der Waals surface area contributed by atoms with E-state index in [2.05, 4.69) is 5.32 Å². The summed E-state index contributed by atoms with van der Waals surface area (Å²) >= 11 is 0. The number of nitrogens with zero attached hydrogens (tertiary/aromatic N) is 1. The first-order valence-electron chi connectivity index (χ1n) is 9.24. The van der Waals surface area contributed by atoms with E-state index < -0.39 is 17.2 Å². The predicted octanol–water partition coefficient (Wildman–Crippen LogP) is 3.70. The van der Waals surface area contributed by atoms with E-state index in [-0.39, 0.29) is 18.6 Å². The molecule has 26 heavy (non-hydrogen) atoms. The standard InChI is InChI=1S/C20H28N2O4/c1-19(2,3)26-17(23)21-20-11-7-10-16(20)12-22(14-20)18(24)25-13-15-8-5-4-6-9-15/h4-6,8-9,16H,7,10-14H2,1-3H3,(H,21,23)/t16-,20?/m0/s1. The van der Waals surface area contributed by atoms with Crippen LogP contribution in [0.15, 0.2) is 30.3 Å². The maximum atomic E-state index is 12.5. The molecule has 1 unspecified atom stereocenters. The first-order valence-corrected chi connectivity index (χ1v) is 9.24. The van der Waals surface area contributed by atoms with E-state index in [1.165, 1.54) is 0 Å². The Bertz CT molecular complexity index is 656. The van der Waals surface area contributed by atoms with Crippen LogP contribution < -0.4 is 5.32 Å². The number of likely N-dealkylation sites (tertiary alicyclic amines) is 1. The molecule has 0 aromatic heterocycles. The van der Waals surface area contributed by atoms with Gasteiger partial charge in [0.15, 0.2) is 0 Å². The quantitative estimate of drug-likeness (QED) is 0.892. The zero-order valence-electron chi connectivity index (χ0n) is 15.8. The van der Waals surface area contributed by atoms with Crippen molar-refractivity contribution in [2.75, 3.05) is 13.1 Å². The van der Waals surface area contributed by atoms with Gasteiger partial charge in [-0.25, -0.2) is 9.59 Å². The molecule has 6 nitrogen and oxygen atoms in total. The molecule has 1 aromatic carbocycles. The minimum absolute atomic E-state index is 0.249. The molecule has 1 saturated heterocycles. The number of carbonyl (C=O) groups excluding carboxylic acids is 2. The fourth-order valence-corrected chi connectivity index (χ4v) is 3.95. The van der Waals surface area contributed by atoms with Crippen molar-refractivity contribution in [3.63, 3.8) is 0 Å². The van der Waals surface area contributed by atoms with Crippen LogP contribution in [-0.2, 0) is 16.1 Å². The molecule has 2 amide bonds. The van der Waals surface area contributed by atoms with E-state index in [1.807, 2.05) is 51.1 Å². The Morgan fingerprint density at radius 3 is 2.69 bits per heavy atom. The molecule has 0 radical (unpaired) electrons. The predicted molar refractivity (Wildman–Crippen MR) is 97.6 cm³/mol. The van der Waals surface area contributed by atoms with Gasteiger partial charge in [-0.05, 0) is 39.2 Å². The molecule has 6 heteroatoms. The lowest BCUT2D eigenvalue weighted by molar-refractivity contribution is 0.0440. The zero-order valence-corrected chi connectivity index (χ0v) is 15.8. The Balaban J connectivity index is 1.59. The van der Waals surface area contributed by atoms with Crippen molar-refractivity contribution in [3.05, 3.63) is 35.9 Å². The molecule has 0 bridgehead atoms. The van der Waals surface area contributed by atoms with E-state index in [1.54, 1.807) is 4.90 Å². The number of hydrogen-bond acceptors (Lipinski definition) is 4. The average Bonchev–Trinajstić information content (AvgIpc) is 3.08. The van der Waals surface area contributed by atoms with Crippen LogP contribution in [0.3, 0.4) is 0 Å². The molecule has 1 aliphatic carbocycles. The molecular weight excluding hydrogens is 332 g/mol. The van der Waals surface area contributed by atoms with Gasteiger partial charge in [-0.3, -0.25) is 0 Å². The first kappa shape index (κ1) is 18.5. The van der Waals surface area contributed by atoms with Crippen LogP contribution in [0, 0.1) is 5.92 Å². The molecule has 142 valence electrons. The van der Waals surface area contributed by atoms with Crippen LogP contribution in [0.4, 0.5) is 9.59 Å². The summed E-state index contributed by atoms with van der Waals surface area (Å²) in [7, 11) is 0. The summed E-state index contributed by atoms with van der Waals surface area (Å²) in [5.74, 6) is 0.249. The van der Waals surface area contributed by atoms with E-state index >= 15 is 0 Å². The average molecular weight is 360 g/mol. The number of nitrogens with one attached hydrogen (secondary N) is 1. The number of amides is 2. The maximum Gasteiger partial charge on any atom is 0.410 e. The van der Waals surface area contributed by atoms with Gasteiger partial charge in [0.05, 0.1) is 5.54 Å². The molecule has 0 spiro atoms. The molecule has 2 atom stereocenters. The molecule has 1 aliphatic heterocycles. The Labute approximate surface area is 154 Å². The van der Waals surface area contributed by atoms with E-state index in [0.717, 1.165) is 24.8 Å². The monoisotopic (exact) mass is 360 g/mol. The molecular formula is C20H28N2O4. The van der Waals surface area contributed by atoms with Crippen molar-refractivity contribution in [3.8, 4) is 0 Å². The van der Waals surface area contributed by atoms with Crippen LogP contribution in [-0.4, -0.2) is 41.3 Å². The van der Waals surface area contributed by atoms with E-state index in [4.69, 9.17) is 9.47 Å². The Kier molecular flexibility index (Phi) is 5.12. The third-order valence-electron chi connectivity index (χ3n) is 5.08. The van der Waals surface area contributed by atoms with Gasteiger partial charge in [0, 0.05) is 19.0 Å². The van der Waals surface area contributed by atoms with E-state index in [9.17, 15) is 9.59 Å². The lowest BCUT2D eigenvalue weighted by atomic mass is 9.91. The number of hydrogen-bond donors (Lipinski definition) is 1. The summed E-state index contributed by atoms with van der Waals surface area (Å²) in [6.45, 7) is 6.89. The van der Waals surface area contributed by atoms with Crippen LogP contribution in [0.25, 0.3) is 0 Å². The largest absolute Gasteiger partial charge is 0.445 e. The normalized spacial score (nSPS) is 24.9. The Morgan fingerprint density at radius 2 is 2.00 bits per heavy atom. The van der Waals surface area contributed by atoms with Crippen LogP contribution in [0.5, 0.6) is 0 Å². The second-order valence-electron chi connectivity index (χ2n) is 8.29. The fraction of sp³-hybridized carbons (Fsp3) is 0.600. The molecule has 3 rings (SSSR count). The van der Waals surface area contributed by atoms with Crippen molar-refractivity contribution >= 4 is 12.2 Å². The highest BCUT2D eigenvalue weighted by atomic mass is 16.6. The summed E-state index contributed by atoms with van der Waals surface area (Å²) in [5.41, 5.74) is 0.0253. The molecule has 2 fully saturated rings. The van der Waals surface area contributed by atoms with Crippen molar-refractivity contribution in [2.24, 2.45) is 5.92 Å². The second kappa shape index (κ2) is 7.17. The summed E-state index contributed by atoms with van der Waals surface area (Å²) in [4.78, 5) is 26.5. The Morgan fingerprint density at radius 1 is 1.27 bits per heavy atom. The van der Waals surface area contributed by atoms with Crippen LogP contribution in [0.1, 0.15) is 45.6 Å². The highest BCUT2D eigenvalue weighted by Crippen LogP contribution is 2.42. The van der Waals surface area contributed by atoms with Crippen molar-refractivity contribution in [1.29, 1.82) is 0 Å². The number of ether oxygens (including phenoxy) is 2. The SMILES string of the molecule is CC(C)(C)OC(=O)NC12CCC[C@H]1CN(C(=O)OCc1ccccc1)C2. The van der Waals surface area contributed by atoms with Gasteiger partial charge in [0.2, 0.25) is 0 Å². The molecule has 1 aromatic rings. The lowest BCUT2D eigenvalue weighted by Gasteiger charge is -2.31. The summed E-state index contributed by atoms with van der Waals surface area (Å²) in [5, 5.41) is 3.06. The smallest absolute Gasteiger partial charge is 0.410 e. The minimum Gasteiger partial charge on any atom is -0.445 e. The van der Waals surface area contributed by atoms with Gasteiger partial charge in [0.25, 0.3) is 0 Å². The third kappa shape index (κ3) is 4.29. The number of fused-ring (bicyclic) bond motifs is 1.